The van der Waals surface area contributed by atoms with Crippen LogP contribution in [-0.4, -0.2) is 11.1 Å². The number of pyridine rings is 1. The Morgan fingerprint density at radius 2 is 0.964 bits per heavy atom. The van der Waals surface area contributed by atoms with Crippen molar-refractivity contribution in [2.24, 2.45) is 0 Å². The highest BCUT2D eigenvalue weighted by Gasteiger charge is 2.44. The predicted molar refractivity (Wildman–Crippen MR) is 118 cm³/mol. The minimum atomic E-state index is -1.76. The molecule has 0 radical (unpaired) electrons. The van der Waals surface area contributed by atoms with Crippen molar-refractivity contribution in [3.05, 3.63) is 121 Å². The zero-order chi connectivity index (χ0) is 18.4. The molecule has 0 saturated heterocycles. The molecule has 1 heterocycles. The molecule has 0 bridgehead atoms. The first kappa shape index (κ1) is 20.7. The van der Waals surface area contributed by atoms with E-state index in [0.29, 0.717) is 0 Å². The van der Waals surface area contributed by atoms with E-state index >= 15 is 0 Å². The third-order valence-corrected chi connectivity index (χ3v) is 9.45. The number of hydrogen-bond donors (Lipinski definition) is 0. The van der Waals surface area contributed by atoms with Crippen LogP contribution in [0.2, 0.25) is 0 Å². The second-order valence-corrected chi connectivity index (χ2v) is 10.2. The van der Waals surface area contributed by atoms with Gasteiger partial charge in [0.1, 0.15) is 23.2 Å². The fraction of sp³-hybridized carbons (Fsp3) is 0.0800. The van der Waals surface area contributed by atoms with Crippen molar-refractivity contribution in [1.29, 1.82) is 0 Å². The van der Waals surface area contributed by atoms with Crippen molar-refractivity contribution in [2.45, 2.75) is 6.42 Å². The summed E-state index contributed by atoms with van der Waals surface area (Å²) in [5, 5.41) is 4.29. The molecule has 3 heteroatoms. The van der Waals surface area contributed by atoms with Gasteiger partial charge < -0.3 is 24.0 Å². The summed E-state index contributed by atoms with van der Waals surface area (Å²) >= 11 is 0. The van der Waals surface area contributed by atoms with Crippen molar-refractivity contribution >= 4 is 23.2 Å². The number of benzene rings is 3. The first-order valence-corrected chi connectivity index (χ1v) is 11.3. The molecule has 0 saturated carbocycles. The normalized spacial score (nSPS) is 10.9. The van der Waals surface area contributed by atoms with Crippen LogP contribution in [0.15, 0.2) is 115 Å². The van der Waals surface area contributed by atoms with Crippen LogP contribution in [-0.2, 0) is 6.42 Å². The summed E-state index contributed by atoms with van der Waals surface area (Å²) in [5.41, 5.74) is 1.16. The molecule has 0 aliphatic rings. The minimum absolute atomic E-state index is 0. The second kappa shape index (κ2) is 9.95. The third kappa shape index (κ3) is 4.34. The fourth-order valence-corrected chi connectivity index (χ4v) is 7.99. The molecule has 3 aromatic carbocycles. The highest BCUT2D eigenvalue weighted by molar-refractivity contribution is 7.95. The van der Waals surface area contributed by atoms with Gasteiger partial charge in [0.05, 0.1) is 6.16 Å². The van der Waals surface area contributed by atoms with E-state index in [1.807, 2.05) is 12.3 Å². The summed E-state index contributed by atoms with van der Waals surface area (Å²) in [6, 6.07) is 39.3. The van der Waals surface area contributed by atoms with Crippen LogP contribution in [0, 0.1) is 0 Å². The molecule has 0 N–H and O–H groups in total. The van der Waals surface area contributed by atoms with Crippen molar-refractivity contribution in [3.8, 4) is 0 Å². The lowest BCUT2D eigenvalue weighted by Gasteiger charge is -2.27. The number of hydrogen-bond acceptors (Lipinski definition) is 1. The van der Waals surface area contributed by atoms with E-state index in [2.05, 4.69) is 108 Å². The topological polar surface area (TPSA) is 12.9 Å². The molecule has 0 spiro atoms. The number of aromatic nitrogens is 1. The first-order chi connectivity index (χ1) is 13.4. The Balaban J connectivity index is 0.00000225. The Morgan fingerprint density at radius 3 is 1.36 bits per heavy atom. The van der Waals surface area contributed by atoms with Crippen molar-refractivity contribution in [1.82, 2.24) is 4.98 Å². The maximum atomic E-state index is 4.58. The molecule has 0 amide bonds. The van der Waals surface area contributed by atoms with Gasteiger partial charge in [-0.05, 0) is 48.5 Å². The third-order valence-electron chi connectivity index (χ3n) is 5.02. The summed E-state index contributed by atoms with van der Waals surface area (Å²) in [6.07, 6.45) is 3.93. The zero-order valence-corrected chi connectivity index (χ0v) is 18.7. The van der Waals surface area contributed by atoms with Gasteiger partial charge in [0.25, 0.3) is 0 Å². The number of halogens is 1. The van der Waals surface area contributed by atoms with Gasteiger partial charge in [0.15, 0.2) is 0 Å². The monoisotopic (exact) mass is 495 g/mol. The van der Waals surface area contributed by atoms with Crippen molar-refractivity contribution in [3.63, 3.8) is 0 Å². The minimum Gasteiger partial charge on any atom is -1.00 e. The quantitative estimate of drug-likeness (QED) is 0.293. The average Bonchev–Trinajstić information content (AvgIpc) is 2.77. The summed E-state index contributed by atoms with van der Waals surface area (Å²) < 4.78 is 0. The molecule has 0 aliphatic heterocycles. The SMILES string of the molecule is [I-].c1ccc([P+](CCc2ccccn2)(c2ccccc2)c2ccccc2)cc1. The Kier molecular flexibility index (Phi) is 7.36. The van der Waals surface area contributed by atoms with Gasteiger partial charge in [-0.15, -0.1) is 0 Å². The molecule has 1 nitrogen and oxygen atoms in total. The Hall–Kier alpha value is -2.03. The smallest absolute Gasteiger partial charge is 0.112 e. The molecule has 0 fully saturated rings. The van der Waals surface area contributed by atoms with Gasteiger partial charge in [-0.25, -0.2) is 0 Å². The summed E-state index contributed by atoms with van der Waals surface area (Å²) in [5.74, 6) is 0. The first-order valence-electron chi connectivity index (χ1n) is 9.34. The summed E-state index contributed by atoms with van der Waals surface area (Å²) in [4.78, 5) is 4.58. The highest BCUT2D eigenvalue weighted by atomic mass is 127. The fourth-order valence-electron chi connectivity index (χ4n) is 3.71. The van der Waals surface area contributed by atoms with E-state index in [1.54, 1.807) is 0 Å². The lowest BCUT2D eigenvalue weighted by atomic mass is 10.3. The molecule has 1 aromatic heterocycles. The molecular weight excluding hydrogens is 472 g/mol. The molecule has 140 valence electrons. The maximum Gasteiger partial charge on any atom is 0.112 e. The van der Waals surface area contributed by atoms with Gasteiger partial charge in [-0.1, -0.05) is 60.7 Å². The van der Waals surface area contributed by atoms with Gasteiger partial charge in [-0.2, -0.15) is 0 Å². The standard InChI is InChI=1S/C25H23NP.HI/c1-4-13-23(14-5-1)27(24-15-6-2-7-16-24,25-17-8-3-9-18-25)21-19-22-12-10-11-20-26-22;/h1-18,20H,19,21H2;1H/q+1;/p-1. The van der Waals surface area contributed by atoms with Crippen LogP contribution in [0.3, 0.4) is 0 Å². The molecule has 0 unspecified atom stereocenters. The maximum absolute atomic E-state index is 4.58. The number of nitrogens with zero attached hydrogens (tertiary/aromatic N) is 1. The largest absolute Gasteiger partial charge is 1.00 e. The van der Waals surface area contributed by atoms with Crippen LogP contribution < -0.4 is 39.9 Å². The van der Waals surface area contributed by atoms with Crippen LogP contribution in [0.1, 0.15) is 5.69 Å². The van der Waals surface area contributed by atoms with Crippen molar-refractivity contribution < 1.29 is 24.0 Å². The van der Waals surface area contributed by atoms with E-state index in [0.717, 1.165) is 18.3 Å². The summed E-state index contributed by atoms with van der Waals surface area (Å²) in [6.45, 7) is 0. The lowest BCUT2D eigenvalue weighted by Crippen LogP contribution is -3.00. The van der Waals surface area contributed by atoms with E-state index < -0.39 is 7.26 Å². The van der Waals surface area contributed by atoms with Crippen LogP contribution in [0.25, 0.3) is 0 Å². The lowest BCUT2D eigenvalue weighted by molar-refractivity contribution is -0.00000530. The predicted octanol–water partition coefficient (Wildman–Crippen LogP) is 1.62. The van der Waals surface area contributed by atoms with Crippen molar-refractivity contribution in [2.75, 3.05) is 6.16 Å². The zero-order valence-electron chi connectivity index (χ0n) is 15.7. The molecule has 0 atom stereocenters. The molecule has 4 aromatic rings. The van der Waals surface area contributed by atoms with Gasteiger partial charge >= 0.3 is 0 Å². The van der Waals surface area contributed by atoms with Crippen LogP contribution >= 0.6 is 7.26 Å². The van der Waals surface area contributed by atoms with Gasteiger partial charge in [0, 0.05) is 18.3 Å². The molecular formula is C25H23INP. The van der Waals surface area contributed by atoms with Gasteiger partial charge in [0.2, 0.25) is 0 Å². The second-order valence-electron chi connectivity index (χ2n) is 6.61. The van der Waals surface area contributed by atoms with Crippen LogP contribution in [0.5, 0.6) is 0 Å². The van der Waals surface area contributed by atoms with E-state index in [-0.39, 0.29) is 24.0 Å². The highest BCUT2D eigenvalue weighted by Crippen LogP contribution is 2.55. The Morgan fingerprint density at radius 1 is 0.536 bits per heavy atom. The van der Waals surface area contributed by atoms with E-state index in [9.17, 15) is 0 Å². The van der Waals surface area contributed by atoms with E-state index in [1.165, 1.54) is 15.9 Å². The van der Waals surface area contributed by atoms with E-state index in [4.69, 9.17) is 0 Å². The Bertz CT molecular complexity index is 864. The molecule has 4 rings (SSSR count). The molecule has 0 aliphatic carbocycles. The number of rotatable bonds is 6. The Labute approximate surface area is 185 Å². The van der Waals surface area contributed by atoms with Crippen LogP contribution in [0.4, 0.5) is 0 Å². The molecule has 28 heavy (non-hydrogen) atoms. The summed E-state index contributed by atoms with van der Waals surface area (Å²) in [7, 11) is -1.76. The number of aryl methyl sites for hydroxylation is 1. The average molecular weight is 495 g/mol. The van der Waals surface area contributed by atoms with Gasteiger partial charge in [-0.3, -0.25) is 4.98 Å².